The molecule has 1 aliphatic heterocycles. The van der Waals surface area contributed by atoms with Crippen molar-refractivity contribution < 1.29 is 17.9 Å². The summed E-state index contributed by atoms with van der Waals surface area (Å²) >= 11 is 0. The maximum atomic E-state index is 12.3. The fourth-order valence-electron chi connectivity index (χ4n) is 2.92. The number of nitrogens with one attached hydrogen (secondary N) is 2. The average Bonchev–Trinajstić information content (AvgIpc) is 3.02. The maximum Gasteiger partial charge on any atom is 0.263 e. The van der Waals surface area contributed by atoms with Gasteiger partial charge in [0, 0.05) is 35.3 Å². The topological polar surface area (TPSA) is 110 Å². The molecule has 3 aromatic rings. The van der Waals surface area contributed by atoms with E-state index in [0.717, 1.165) is 5.56 Å². The van der Waals surface area contributed by atoms with Crippen LogP contribution in [0.5, 0.6) is 5.75 Å². The molecular formula is C21H18N4O4S. The van der Waals surface area contributed by atoms with E-state index in [1.54, 1.807) is 54.9 Å². The second kappa shape index (κ2) is 8.34. The molecule has 4 rings (SSSR count). The summed E-state index contributed by atoms with van der Waals surface area (Å²) in [6.45, 7) is 0.130. The van der Waals surface area contributed by atoms with E-state index in [0.29, 0.717) is 23.6 Å². The number of carbonyl (C=O) groups is 1. The van der Waals surface area contributed by atoms with Crippen molar-refractivity contribution in [1.29, 1.82) is 0 Å². The smallest absolute Gasteiger partial charge is 0.263 e. The molecule has 30 heavy (non-hydrogen) atoms. The van der Waals surface area contributed by atoms with E-state index in [1.807, 2.05) is 12.1 Å². The highest BCUT2D eigenvalue weighted by molar-refractivity contribution is 7.90. The summed E-state index contributed by atoms with van der Waals surface area (Å²) in [6, 6.07) is 17.2. The quantitative estimate of drug-likeness (QED) is 0.634. The van der Waals surface area contributed by atoms with E-state index in [9.17, 15) is 13.2 Å². The number of ether oxygens (including phenoxy) is 1. The monoisotopic (exact) mass is 422 g/mol. The van der Waals surface area contributed by atoms with E-state index in [4.69, 9.17) is 4.74 Å². The van der Waals surface area contributed by atoms with Crippen LogP contribution in [0.3, 0.4) is 0 Å². The van der Waals surface area contributed by atoms with Crippen LogP contribution in [-0.4, -0.2) is 31.7 Å². The number of fused-ring (bicyclic) bond motifs is 1. The molecule has 152 valence electrons. The molecule has 1 aliphatic rings. The van der Waals surface area contributed by atoms with Crippen molar-refractivity contribution in [2.75, 3.05) is 11.9 Å². The summed E-state index contributed by atoms with van der Waals surface area (Å²) in [6.07, 6.45) is 3.41. The fraction of sp³-hybridized carbons (Fsp3) is 0.0952. The molecule has 9 heteroatoms. The molecule has 0 atom stereocenters. The second-order valence-electron chi connectivity index (χ2n) is 6.49. The van der Waals surface area contributed by atoms with Gasteiger partial charge in [-0.2, -0.15) is 0 Å². The van der Waals surface area contributed by atoms with Gasteiger partial charge in [-0.1, -0.05) is 24.3 Å². The average molecular weight is 422 g/mol. The number of nitrogens with zero attached hydrogens (tertiary/aromatic N) is 2. The van der Waals surface area contributed by atoms with Crippen LogP contribution >= 0.6 is 0 Å². The van der Waals surface area contributed by atoms with Crippen LogP contribution in [0.4, 0.5) is 5.69 Å². The Kier molecular flexibility index (Phi) is 5.44. The van der Waals surface area contributed by atoms with Crippen LogP contribution in [0.2, 0.25) is 0 Å². The largest absolute Gasteiger partial charge is 0.489 e. The summed E-state index contributed by atoms with van der Waals surface area (Å²) < 4.78 is 32.3. The summed E-state index contributed by atoms with van der Waals surface area (Å²) in [4.78, 5) is 20.6. The van der Waals surface area contributed by atoms with Gasteiger partial charge in [0.25, 0.3) is 10.0 Å². The van der Waals surface area contributed by atoms with E-state index < -0.39 is 10.0 Å². The zero-order valence-electron chi connectivity index (χ0n) is 15.8. The van der Waals surface area contributed by atoms with Gasteiger partial charge < -0.3 is 10.1 Å². The number of amides is 1. The van der Waals surface area contributed by atoms with Gasteiger partial charge in [-0.3, -0.25) is 19.5 Å². The SMILES string of the molecule is O=C(CN=C1NS(=O)(=O)c2ccccc21)Nc1cccc(OCc2cccnc2)c1. The number of aliphatic imine (C=N–C) groups is 1. The number of aromatic nitrogens is 1. The molecule has 0 spiro atoms. The highest BCUT2D eigenvalue weighted by Crippen LogP contribution is 2.22. The van der Waals surface area contributed by atoms with Crippen LogP contribution in [0.15, 0.2) is 82.9 Å². The molecule has 0 saturated carbocycles. The third-order valence-electron chi connectivity index (χ3n) is 4.29. The Hall–Kier alpha value is -3.72. The number of benzene rings is 2. The molecule has 0 saturated heterocycles. The van der Waals surface area contributed by atoms with Crippen molar-refractivity contribution in [2.45, 2.75) is 11.5 Å². The number of pyridine rings is 1. The number of hydrogen-bond acceptors (Lipinski definition) is 6. The summed E-state index contributed by atoms with van der Waals surface area (Å²) in [5.74, 6) is 0.380. The van der Waals surface area contributed by atoms with Crippen molar-refractivity contribution in [1.82, 2.24) is 9.71 Å². The molecule has 0 aliphatic carbocycles. The van der Waals surface area contributed by atoms with Gasteiger partial charge in [0.05, 0.1) is 4.90 Å². The van der Waals surface area contributed by atoms with E-state index in [-0.39, 0.29) is 23.2 Å². The lowest BCUT2D eigenvalue weighted by Crippen LogP contribution is -2.24. The van der Waals surface area contributed by atoms with E-state index in [1.165, 1.54) is 6.07 Å². The Morgan fingerprint density at radius 1 is 1.10 bits per heavy atom. The van der Waals surface area contributed by atoms with Gasteiger partial charge in [0.15, 0.2) is 0 Å². The first kappa shape index (κ1) is 19.6. The van der Waals surface area contributed by atoms with Gasteiger partial charge in [0.2, 0.25) is 5.91 Å². The number of rotatable bonds is 6. The Balaban J connectivity index is 1.38. The van der Waals surface area contributed by atoms with Crippen LogP contribution in [0.25, 0.3) is 0 Å². The molecule has 0 fully saturated rings. The van der Waals surface area contributed by atoms with Crippen molar-refractivity contribution >= 4 is 27.5 Å². The fourth-order valence-corrected chi connectivity index (χ4v) is 4.17. The molecule has 0 radical (unpaired) electrons. The lowest BCUT2D eigenvalue weighted by molar-refractivity contribution is -0.114. The highest BCUT2D eigenvalue weighted by atomic mass is 32.2. The van der Waals surface area contributed by atoms with Crippen LogP contribution < -0.4 is 14.8 Å². The maximum absolute atomic E-state index is 12.3. The zero-order chi connectivity index (χ0) is 21.0. The van der Waals surface area contributed by atoms with Crippen molar-refractivity contribution in [3.05, 3.63) is 84.2 Å². The third kappa shape index (κ3) is 4.47. The molecule has 2 N–H and O–H groups in total. The highest BCUT2D eigenvalue weighted by Gasteiger charge is 2.30. The summed E-state index contributed by atoms with van der Waals surface area (Å²) in [5.41, 5.74) is 1.94. The minimum absolute atomic E-state index is 0.155. The number of carbonyl (C=O) groups excluding carboxylic acids is 1. The standard InChI is InChI=1S/C21H18N4O4S/c26-20(13-23-21-18-8-1-2-9-19(18)30(27,28)25-21)24-16-6-3-7-17(11-16)29-14-15-5-4-10-22-12-15/h1-12H,13-14H2,(H,23,25)(H,24,26). The minimum atomic E-state index is -3.63. The first-order valence-electron chi connectivity index (χ1n) is 9.09. The predicted octanol–water partition coefficient (Wildman–Crippen LogP) is 2.34. The van der Waals surface area contributed by atoms with Crippen molar-refractivity contribution in [3.63, 3.8) is 0 Å². The van der Waals surface area contributed by atoms with Gasteiger partial charge in [-0.25, -0.2) is 8.42 Å². The molecular weight excluding hydrogens is 404 g/mol. The first-order chi connectivity index (χ1) is 14.5. The van der Waals surface area contributed by atoms with E-state index in [2.05, 4.69) is 20.0 Å². The molecule has 0 bridgehead atoms. The molecule has 0 unspecified atom stereocenters. The third-order valence-corrected chi connectivity index (χ3v) is 5.69. The van der Waals surface area contributed by atoms with E-state index >= 15 is 0 Å². The van der Waals surface area contributed by atoms with Gasteiger partial charge in [-0.05, 0) is 30.3 Å². The summed E-state index contributed by atoms with van der Waals surface area (Å²) in [7, 11) is -3.63. The molecule has 1 aromatic heterocycles. The minimum Gasteiger partial charge on any atom is -0.489 e. The Morgan fingerprint density at radius 2 is 1.97 bits per heavy atom. The van der Waals surface area contributed by atoms with Crippen molar-refractivity contribution in [2.24, 2.45) is 4.99 Å². The van der Waals surface area contributed by atoms with Gasteiger partial charge in [0.1, 0.15) is 24.7 Å². The molecule has 2 heterocycles. The molecule has 2 aromatic carbocycles. The summed E-state index contributed by atoms with van der Waals surface area (Å²) in [5, 5.41) is 2.73. The number of sulfonamides is 1. The zero-order valence-corrected chi connectivity index (χ0v) is 16.6. The lowest BCUT2D eigenvalue weighted by Gasteiger charge is -2.09. The Morgan fingerprint density at radius 3 is 2.80 bits per heavy atom. The lowest BCUT2D eigenvalue weighted by atomic mass is 10.2. The number of amidine groups is 1. The normalized spacial score (nSPS) is 15.3. The number of anilines is 1. The van der Waals surface area contributed by atoms with Gasteiger partial charge in [-0.15, -0.1) is 0 Å². The Bertz CT molecular complexity index is 1210. The van der Waals surface area contributed by atoms with Crippen LogP contribution in [-0.2, 0) is 21.4 Å². The molecule has 8 nitrogen and oxygen atoms in total. The van der Waals surface area contributed by atoms with Crippen LogP contribution in [0.1, 0.15) is 11.1 Å². The predicted molar refractivity (Wildman–Crippen MR) is 112 cm³/mol. The first-order valence-corrected chi connectivity index (χ1v) is 10.6. The molecule has 1 amide bonds. The van der Waals surface area contributed by atoms with Crippen molar-refractivity contribution in [3.8, 4) is 5.75 Å². The number of hydrogen-bond donors (Lipinski definition) is 2. The Labute approximate surface area is 173 Å². The van der Waals surface area contributed by atoms with Crippen LogP contribution in [0, 0.1) is 0 Å². The van der Waals surface area contributed by atoms with Gasteiger partial charge >= 0.3 is 0 Å². The second-order valence-corrected chi connectivity index (χ2v) is 8.14.